The molecule has 0 N–H and O–H groups in total. The van der Waals surface area contributed by atoms with Crippen LogP contribution in [0.25, 0.3) is 10.9 Å². The van der Waals surface area contributed by atoms with E-state index in [1.54, 1.807) is 18.3 Å². The third kappa shape index (κ3) is 4.68. The predicted molar refractivity (Wildman–Crippen MR) is 174 cm³/mol. The highest BCUT2D eigenvalue weighted by atomic mass is 32.2. The zero-order valence-electron chi connectivity index (χ0n) is 26.4. The van der Waals surface area contributed by atoms with E-state index in [0.29, 0.717) is 23.4 Å². The van der Waals surface area contributed by atoms with Crippen LogP contribution < -0.4 is 0 Å². The normalized spacial score (nSPS) is 24.4. The van der Waals surface area contributed by atoms with Crippen molar-refractivity contribution >= 4 is 26.9 Å². The molecule has 1 saturated heterocycles. The number of rotatable bonds is 7. The summed E-state index contributed by atoms with van der Waals surface area (Å²) in [6.07, 6.45) is 4.86. The van der Waals surface area contributed by atoms with E-state index in [1.807, 2.05) is 56.3 Å². The van der Waals surface area contributed by atoms with Crippen LogP contribution in [0, 0.1) is 12.8 Å². The first-order valence-electron chi connectivity index (χ1n) is 16.0. The van der Waals surface area contributed by atoms with Gasteiger partial charge in [-0.25, -0.2) is 17.2 Å². The SMILES string of the molecule is CCOC(=O)C1=C[C@@H](c2cn(S(=O)(=O)c3ccc(C)cc3)c3ccccc23)N2[C@H](O[C@@H]3Cc4cccc(C(C)C)c4[C@@H]32)[C@H]1CC. The van der Waals surface area contributed by atoms with E-state index in [9.17, 15) is 13.2 Å². The molecule has 7 nitrogen and oxygen atoms in total. The third-order valence-electron chi connectivity index (χ3n) is 9.81. The predicted octanol–water partition coefficient (Wildman–Crippen LogP) is 7.20. The molecular weight excluding hydrogens is 584 g/mol. The molecule has 3 heterocycles. The van der Waals surface area contributed by atoms with Gasteiger partial charge in [-0.1, -0.05) is 80.9 Å². The number of nitrogens with zero attached hydrogens (tertiary/aromatic N) is 2. The molecule has 0 spiro atoms. The lowest BCUT2D eigenvalue weighted by Crippen LogP contribution is -2.45. The summed E-state index contributed by atoms with van der Waals surface area (Å²) >= 11 is 0. The van der Waals surface area contributed by atoms with Gasteiger partial charge in [0.25, 0.3) is 10.0 Å². The molecule has 4 aromatic rings. The van der Waals surface area contributed by atoms with E-state index in [0.717, 1.165) is 22.9 Å². The molecule has 1 fully saturated rings. The molecule has 0 amide bonds. The monoisotopic (exact) mass is 624 g/mol. The zero-order chi connectivity index (χ0) is 31.6. The zero-order valence-corrected chi connectivity index (χ0v) is 27.3. The Morgan fingerprint density at radius 2 is 1.78 bits per heavy atom. The second-order valence-electron chi connectivity index (χ2n) is 12.8. The van der Waals surface area contributed by atoms with E-state index >= 15 is 0 Å². The number of para-hydroxylation sites is 1. The smallest absolute Gasteiger partial charge is 0.334 e. The second kappa shape index (κ2) is 11.3. The van der Waals surface area contributed by atoms with Crippen LogP contribution in [0.4, 0.5) is 0 Å². The summed E-state index contributed by atoms with van der Waals surface area (Å²) in [7, 11) is -3.91. The number of carbonyl (C=O) groups excluding carboxylic acids is 1. The van der Waals surface area contributed by atoms with Crippen LogP contribution in [0.2, 0.25) is 0 Å². The molecule has 3 aliphatic rings. The Morgan fingerprint density at radius 3 is 2.49 bits per heavy atom. The average molecular weight is 625 g/mol. The minimum absolute atomic E-state index is 0.0292. The number of benzene rings is 3. The lowest BCUT2D eigenvalue weighted by Gasteiger charge is -2.42. The van der Waals surface area contributed by atoms with Gasteiger partial charge in [-0.05, 0) is 61.1 Å². The molecule has 234 valence electrons. The van der Waals surface area contributed by atoms with Gasteiger partial charge in [0, 0.05) is 35.1 Å². The fourth-order valence-corrected chi connectivity index (χ4v) is 9.14. The van der Waals surface area contributed by atoms with Gasteiger partial charge < -0.3 is 9.47 Å². The second-order valence-corrected chi connectivity index (χ2v) is 14.6. The van der Waals surface area contributed by atoms with Gasteiger partial charge in [0.1, 0.15) is 6.23 Å². The summed E-state index contributed by atoms with van der Waals surface area (Å²) in [6, 6.07) is 20.7. The molecule has 3 aromatic carbocycles. The number of ether oxygens (including phenoxy) is 2. The Labute approximate surface area is 265 Å². The number of aromatic nitrogens is 1. The molecule has 0 bridgehead atoms. The largest absolute Gasteiger partial charge is 0.463 e. The standard InChI is InChI=1S/C37H40N2O5S/c1-6-26-29(37(40)43-7-2)20-32(39-35-33(44-36(26)39)19-24-11-10-13-27(22(3)4)34(24)35)30-21-38(31-14-9-8-12-28(30)31)45(41,42)25-17-15-23(5)16-18-25/h8-18,20-22,26,32-33,35-36H,6-7,19H2,1-5H3/t26-,32-,33+,35+,36+/m0/s1. The number of aryl methyl sites for hydroxylation is 1. The first kappa shape index (κ1) is 30.0. The van der Waals surface area contributed by atoms with Crippen LogP contribution in [0.15, 0.2) is 89.5 Å². The van der Waals surface area contributed by atoms with Gasteiger partial charge in [-0.15, -0.1) is 0 Å². The molecule has 1 aromatic heterocycles. The molecule has 45 heavy (non-hydrogen) atoms. The average Bonchev–Trinajstić information content (AvgIpc) is 3.71. The first-order chi connectivity index (χ1) is 21.6. The van der Waals surface area contributed by atoms with Crippen molar-refractivity contribution in [1.29, 1.82) is 0 Å². The molecule has 1 aliphatic carbocycles. The Kier molecular flexibility index (Phi) is 7.50. The number of hydrogen-bond donors (Lipinski definition) is 0. The maximum absolute atomic E-state index is 14.1. The number of esters is 1. The maximum Gasteiger partial charge on any atom is 0.334 e. The highest BCUT2D eigenvalue weighted by Crippen LogP contribution is 2.55. The summed E-state index contributed by atoms with van der Waals surface area (Å²) in [5, 5.41) is 0.824. The van der Waals surface area contributed by atoms with Crippen LogP contribution in [0.1, 0.15) is 79.9 Å². The summed E-state index contributed by atoms with van der Waals surface area (Å²) in [4.78, 5) is 16.1. The van der Waals surface area contributed by atoms with Gasteiger partial charge >= 0.3 is 5.97 Å². The summed E-state index contributed by atoms with van der Waals surface area (Å²) in [6.45, 7) is 10.6. The lowest BCUT2D eigenvalue weighted by atomic mass is 9.83. The molecule has 0 saturated carbocycles. The third-order valence-corrected chi connectivity index (χ3v) is 11.5. The van der Waals surface area contributed by atoms with E-state index < -0.39 is 16.1 Å². The van der Waals surface area contributed by atoms with Crippen LogP contribution in [-0.4, -0.2) is 42.2 Å². The number of hydrogen-bond acceptors (Lipinski definition) is 6. The molecule has 7 rings (SSSR count). The Hall–Kier alpha value is -3.72. The van der Waals surface area contributed by atoms with Crippen LogP contribution in [-0.2, 0) is 30.7 Å². The summed E-state index contributed by atoms with van der Waals surface area (Å²) in [5.41, 5.74) is 6.92. The summed E-state index contributed by atoms with van der Waals surface area (Å²) < 4.78 is 42.2. The fourth-order valence-electron chi connectivity index (χ4n) is 7.77. The number of carbonyl (C=O) groups is 1. The minimum Gasteiger partial charge on any atom is -0.463 e. The Bertz CT molecular complexity index is 1920. The quantitative estimate of drug-likeness (QED) is 0.202. The van der Waals surface area contributed by atoms with Gasteiger partial charge in [0.2, 0.25) is 0 Å². The summed E-state index contributed by atoms with van der Waals surface area (Å²) in [5.74, 6) is -0.186. The van der Waals surface area contributed by atoms with Crippen molar-refractivity contribution in [2.45, 2.75) is 82.7 Å². The highest BCUT2D eigenvalue weighted by Gasteiger charge is 2.56. The highest BCUT2D eigenvalue weighted by molar-refractivity contribution is 7.90. The molecule has 5 atom stereocenters. The van der Waals surface area contributed by atoms with Crippen LogP contribution >= 0.6 is 0 Å². The van der Waals surface area contributed by atoms with Crippen molar-refractivity contribution in [3.63, 3.8) is 0 Å². The molecular formula is C37H40N2O5S. The minimum atomic E-state index is -3.91. The van der Waals surface area contributed by atoms with Crippen LogP contribution in [0.3, 0.4) is 0 Å². The molecule has 8 heteroatoms. The topological polar surface area (TPSA) is 77.8 Å². The van der Waals surface area contributed by atoms with Crippen molar-refractivity contribution in [3.8, 4) is 0 Å². The van der Waals surface area contributed by atoms with Crippen molar-refractivity contribution in [2.75, 3.05) is 6.61 Å². The van der Waals surface area contributed by atoms with Crippen LogP contribution in [0.5, 0.6) is 0 Å². The van der Waals surface area contributed by atoms with Gasteiger partial charge in [-0.2, -0.15) is 0 Å². The molecule has 0 radical (unpaired) electrons. The van der Waals surface area contributed by atoms with Crippen molar-refractivity contribution in [2.24, 2.45) is 5.92 Å². The fraction of sp³-hybridized carbons (Fsp3) is 0.378. The number of fused-ring (bicyclic) bond motifs is 6. The van der Waals surface area contributed by atoms with Gasteiger partial charge in [0.05, 0.1) is 35.2 Å². The van der Waals surface area contributed by atoms with Crippen molar-refractivity contribution < 1.29 is 22.7 Å². The van der Waals surface area contributed by atoms with Crippen molar-refractivity contribution in [3.05, 3.63) is 112 Å². The Morgan fingerprint density at radius 1 is 1.02 bits per heavy atom. The molecule has 2 aliphatic heterocycles. The van der Waals surface area contributed by atoms with E-state index in [1.165, 1.54) is 20.7 Å². The van der Waals surface area contributed by atoms with Crippen molar-refractivity contribution in [1.82, 2.24) is 8.87 Å². The van der Waals surface area contributed by atoms with E-state index in [2.05, 4.69) is 43.9 Å². The van der Waals surface area contributed by atoms with E-state index in [4.69, 9.17) is 9.47 Å². The van der Waals surface area contributed by atoms with E-state index in [-0.39, 0.29) is 41.8 Å². The lowest BCUT2D eigenvalue weighted by molar-refractivity contribution is -0.141. The molecule has 0 unspecified atom stereocenters. The van der Waals surface area contributed by atoms with Gasteiger partial charge in [-0.3, -0.25) is 4.90 Å². The maximum atomic E-state index is 14.1. The first-order valence-corrected chi connectivity index (χ1v) is 17.4. The van der Waals surface area contributed by atoms with Gasteiger partial charge in [0.15, 0.2) is 0 Å². The Balaban J connectivity index is 1.46.